The van der Waals surface area contributed by atoms with Crippen LogP contribution in [0.1, 0.15) is 25.2 Å². The lowest BCUT2D eigenvalue weighted by Crippen LogP contribution is -2.29. The number of halogens is 1. The first-order valence-electron chi connectivity index (χ1n) is 7.67. The summed E-state index contributed by atoms with van der Waals surface area (Å²) in [6.45, 7) is 1.22. The molecule has 2 heterocycles. The zero-order valence-electron chi connectivity index (χ0n) is 12.6. The van der Waals surface area contributed by atoms with Crippen LogP contribution in [0.15, 0.2) is 28.8 Å². The third kappa shape index (κ3) is 4.53. The summed E-state index contributed by atoms with van der Waals surface area (Å²) < 4.78 is 10.6. The van der Waals surface area contributed by atoms with Crippen LogP contribution in [0.3, 0.4) is 0 Å². The highest BCUT2D eigenvalue weighted by Gasteiger charge is 2.18. The predicted molar refractivity (Wildman–Crippen MR) is 85.0 cm³/mol. The Labute approximate surface area is 139 Å². The lowest BCUT2D eigenvalue weighted by molar-refractivity contribution is -0.123. The lowest BCUT2D eigenvalue weighted by Gasteiger charge is -2.08. The summed E-state index contributed by atoms with van der Waals surface area (Å²) >= 11 is 5.95. The van der Waals surface area contributed by atoms with Gasteiger partial charge < -0.3 is 14.6 Å². The molecule has 7 heteroatoms. The zero-order chi connectivity index (χ0) is 16.1. The Morgan fingerprint density at radius 3 is 3.13 bits per heavy atom. The van der Waals surface area contributed by atoms with Crippen LogP contribution in [-0.2, 0) is 16.0 Å². The highest BCUT2D eigenvalue weighted by Crippen LogP contribution is 2.20. The smallest absolute Gasteiger partial charge is 0.228 e. The van der Waals surface area contributed by atoms with Crippen LogP contribution in [0.5, 0.6) is 0 Å². The van der Waals surface area contributed by atoms with Gasteiger partial charge in [-0.3, -0.25) is 4.79 Å². The number of ether oxygens (including phenoxy) is 1. The number of amides is 1. The van der Waals surface area contributed by atoms with Crippen molar-refractivity contribution in [1.29, 1.82) is 0 Å². The maximum absolute atomic E-state index is 11.8. The van der Waals surface area contributed by atoms with Crippen molar-refractivity contribution in [3.63, 3.8) is 0 Å². The quantitative estimate of drug-likeness (QED) is 0.878. The van der Waals surface area contributed by atoms with Crippen molar-refractivity contribution < 1.29 is 14.1 Å². The van der Waals surface area contributed by atoms with Gasteiger partial charge in [0.05, 0.1) is 12.5 Å². The van der Waals surface area contributed by atoms with Gasteiger partial charge in [0.1, 0.15) is 0 Å². The minimum absolute atomic E-state index is 0.00789. The first-order valence-corrected chi connectivity index (χ1v) is 8.05. The van der Waals surface area contributed by atoms with E-state index in [0.29, 0.717) is 36.1 Å². The van der Waals surface area contributed by atoms with E-state index in [0.717, 1.165) is 25.0 Å². The third-order valence-corrected chi connectivity index (χ3v) is 3.88. The molecule has 1 saturated heterocycles. The van der Waals surface area contributed by atoms with Gasteiger partial charge >= 0.3 is 0 Å². The van der Waals surface area contributed by atoms with Crippen molar-refractivity contribution in [3.8, 4) is 11.4 Å². The lowest BCUT2D eigenvalue weighted by atomic mass is 10.2. The number of carbonyl (C=O) groups excluding carboxylic acids is 1. The summed E-state index contributed by atoms with van der Waals surface area (Å²) in [4.78, 5) is 16.1. The first kappa shape index (κ1) is 16.0. The molecule has 0 bridgehead atoms. The average Bonchev–Trinajstić information content (AvgIpc) is 3.19. The van der Waals surface area contributed by atoms with Gasteiger partial charge in [0, 0.05) is 30.2 Å². The van der Waals surface area contributed by atoms with Gasteiger partial charge in [-0.05, 0) is 25.0 Å². The Bertz CT molecular complexity index is 668. The number of aromatic nitrogens is 2. The van der Waals surface area contributed by atoms with Gasteiger partial charge in [-0.15, -0.1) is 0 Å². The number of nitrogens with one attached hydrogen (secondary N) is 1. The van der Waals surface area contributed by atoms with E-state index in [1.54, 1.807) is 12.1 Å². The van der Waals surface area contributed by atoms with Crippen molar-refractivity contribution in [1.82, 2.24) is 15.5 Å². The third-order valence-electron chi connectivity index (χ3n) is 3.65. The molecule has 122 valence electrons. The minimum Gasteiger partial charge on any atom is -0.378 e. The molecule has 1 aliphatic heterocycles. The molecule has 6 nitrogen and oxygen atoms in total. The van der Waals surface area contributed by atoms with E-state index in [1.807, 2.05) is 12.1 Å². The van der Waals surface area contributed by atoms with Crippen molar-refractivity contribution >= 4 is 17.5 Å². The Hall–Kier alpha value is -1.92. The molecule has 0 spiro atoms. The monoisotopic (exact) mass is 335 g/mol. The largest absolute Gasteiger partial charge is 0.378 e. The standard InChI is InChI=1S/C16H18ClN3O3/c17-12-4-1-3-11(9-12)16-19-15(23-20-16)6-7-18-14(21)10-13-5-2-8-22-13/h1,3-4,9,13H,2,5-8,10H2,(H,18,21)/t13-/m0/s1. The summed E-state index contributed by atoms with van der Waals surface area (Å²) in [5, 5.41) is 7.40. The topological polar surface area (TPSA) is 77.2 Å². The zero-order valence-corrected chi connectivity index (χ0v) is 13.4. The van der Waals surface area contributed by atoms with Gasteiger partial charge in [0.25, 0.3) is 0 Å². The van der Waals surface area contributed by atoms with Crippen molar-refractivity contribution in [2.45, 2.75) is 31.8 Å². The minimum atomic E-state index is -0.00789. The molecule has 1 aromatic heterocycles. The predicted octanol–water partition coefficient (Wildman–Crippen LogP) is 2.62. The number of benzene rings is 1. The van der Waals surface area contributed by atoms with Crippen LogP contribution in [0.25, 0.3) is 11.4 Å². The maximum atomic E-state index is 11.8. The molecule has 1 atom stereocenters. The molecule has 2 aromatic rings. The van der Waals surface area contributed by atoms with Gasteiger partial charge in [-0.2, -0.15) is 4.98 Å². The maximum Gasteiger partial charge on any atom is 0.228 e. The summed E-state index contributed by atoms with van der Waals surface area (Å²) in [5.74, 6) is 0.969. The molecule has 0 radical (unpaired) electrons. The average molecular weight is 336 g/mol. The van der Waals surface area contributed by atoms with Gasteiger partial charge in [-0.1, -0.05) is 28.9 Å². The first-order chi connectivity index (χ1) is 11.2. The summed E-state index contributed by atoms with van der Waals surface area (Å²) in [6, 6.07) is 7.26. The van der Waals surface area contributed by atoms with Gasteiger partial charge in [-0.25, -0.2) is 0 Å². The fourth-order valence-electron chi connectivity index (χ4n) is 2.49. The van der Waals surface area contributed by atoms with Crippen LogP contribution in [-0.4, -0.2) is 35.3 Å². The second kappa shape index (κ2) is 7.57. The van der Waals surface area contributed by atoms with E-state index >= 15 is 0 Å². The number of rotatable bonds is 6. The van der Waals surface area contributed by atoms with E-state index < -0.39 is 0 Å². The molecule has 0 unspecified atom stereocenters. The van der Waals surface area contributed by atoms with E-state index in [4.69, 9.17) is 20.9 Å². The van der Waals surface area contributed by atoms with Gasteiger partial charge in [0.15, 0.2) is 0 Å². The van der Waals surface area contributed by atoms with Crippen molar-refractivity contribution in [2.75, 3.05) is 13.2 Å². The summed E-state index contributed by atoms with van der Waals surface area (Å²) in [7, 11) is 0. The molecule has 3 rings (SSSR count). The Morgan fingerprint density at radius 2 is 2.35 bits per heavy atom. The van der Waals surface area contributed by atoms with Crippen LogP contribution in [0, 0.1) is 0 Å². The molecule has 1 fully saturated rings. The van der Waals surface area contributed by atoms with E-state index in [9.17, 15) is 4.79 Å². The molecule has 1 N–H and O–H groups in total. The highest BCUT2D eigenvalue weighted by atomic mass is 35.5. The van der Waals surface area contributed by atoms with E-state index in [2.05, 4.69) is 15.5 Å². The SMILES string of the molecule is O=C(C[C@@H]1CCCO1)NCCc1nc(-c2cccc(Cl)c2)no1. The molecular weight excluding hydrogens is 318 g/mol. The molecule has 1 aliphatic rings. The Balaban J connectivity index is 1.46. The molecule has 1 aromatic carbocycles. The van der Waals surface area contributed by atoms with Crippen LogP contribution >= 0.6 is 11.6 Å². The number of hydrogen-bond acceptors (Lipinski definition) is 5. The molecule has 23 heavy (non-hydrogen) atoms. The second-order valence-electron chi connectivity index (χ2n) is 5.46. The fourth-order valence-corrected chi connectivity index (χ4v) is 2.68. The summed E-state index contributed by atoms with van der Waals surface area (Å²) in [6.07, 6.45) is 2.96. The number of hydrogen-bond donors (Lipinski definition) is 1. The van der Waals surface area contributed by atoms with Crippen molar-refractivity contribution in [2.24, 2.45) is 0 Å². The molecule has 1 amide bonds. The number of carbonyl (C=O) groups is 1. The number of nitrogens with zero attached hydrogens (tertiary/aromatic N) is 2. The van der Waals surface area contributed by atoms with Crippen LogP contribution < -0.4 is 5.32 Å². The fraction of sp³-hybridized carbons (Fsp3) is 0.438. The Morgan fingerprint density at radius 1 is 1.43 bits per heavy atom. The Kier molecular flexibility index (Phi) is 5.25. The summed E-state index contributed by atoms with van der Waals surface area (Å²) in [5.41, 5.74) is 0.801. The second-order valence-corrected chi connectivity index (χ2v) is 5.90. The van der Waals surface area contributed by atoms with Crippen LogP contribution in [0.4, 0.5) is 0 Å². The normalized spacial score (nSPS) is 17.3. The van der Waals surface area contributed by atoms with Crippen molar-refractivity contribution in [3.05, 3.63) is 35.2 Å². The molecular formula is C16H18ClN3O3. The molecule has 0 saturated carbocycles. The molecule has 0 aliphatic carbocycles. The van der Waals surface area contributed by atoms with E-state index in [-0.39, 0.29) is 12.0 Å². The van der Waals surface area contributed by atoms with Crippen LogP contribution in [0.2, 0.25) is 5.02 Å². The highest BCUT2D eigenvalue weighted by molar-refractivity contribution is 6.30. The van der Waals surface area contributed by atoms with E-state index in [1.165, 1.54) is 0 Å². The van der Waals surface area contributed by atoms with Gasteiger partial charge in [0.2, 0.25) is 17.6 Å².